The number of rotatable bonds is 6. The molecule has 0 aromatic heterocycles. The largest absolute Gasteiger partial charge is 0.508 e. The molecule has 0 rings (SSSR count). The Labute approximate surface area is 82.3 Å². The van der Waals surface area contributed by atoms with E-state index in [9.17, 15) is 4.79 Å². The molecule has 80 valence electrons. The molecule has 0 radical (unpaired) electrons. The minimum atomic E-state index is -0.782. The van der Waals surface area contributed by atoms with Crippen molar-refractivity contribution in [1.29, 1.82) is 0 Å². The zero-order chi connectivity index (χ0) is 10.6. The van der Waals surface area contributed by atoms with Crippen LogP contribution in [0.25, 0.3) is 0 Å². The number of ether oxygens (including phenoxy) is 2. The van der Waals surface area contributed by atoms with Gasteiger partial charge in [-0.05, 0) is 12.2 Å². The maximum Gasteiger partial charge on any atom is 0.508 e. The summed E-state index contributed by atoms with van der Waals surface area (Å²) in [7, 11) is 0. The third-order valence-electron chi connectivity index (χ3n) is 1.14. The second-order valence-corrected chi connectivity index (χ2v) is 2.18. The van der Waals surface area contributed by atoms with Gasteiger partial charge < -0.3 is 19.7 Å². The summed E-state index contributed by atoms with van der Waals surface area (Å²) in [6, 6.07) is 0. The Balaban J connectivity index is 3.37. The molecule has 2 N–H and O–H groups in total. The van der Waals surface area contributed by atoms with Crippen molar-refractivity contribution in [1.82, 2.24) is 0 Å². The third kappa shape index (κ3) is 8.76. The van der Waals surface area contributed by atoms with Gasteiger partial charge >= 0.3 is 6.16 Å². The van der Waals surface area contributed by atoms with Crippen LogP contribution in [0.1, 0.15) is 0 Å². The van der Waals surface area contributed by atoms with Gasteiger partial charge in [-0.1, -0.05) is 12.2 Å². The first-order valence-corrected chi connectivity index (χ1v) is 4.12. The van der Waals surface area contributed by atoms with Crippen LogP contribution in [0.15, 0.2) is 24.3 Å². The molecule has 0 unspecified atom stereocenters. The summed E-state index contributed by atoms with van der Waals surface area (Å²) in [5.41, 5.74) is 0. The van der Waals surface area contributed by atoms with Crippen LogP contribution in [-0.2, 0) is 9.47 Å². The van der Waals surface area contributed by atoms with Gasteiger partial charge in [-0.15, -0.1) is 0 Å². The van der Waals surface area contributed by atoms with Gasteiger partial charge in [-0.2, -0.15) is 0 Å². The molecule has 0 aliphatic heterocycles. The molecule has 0 bridgehead atoms. The summed E-state index contributed by atoms with van der Waals surface area (Å²) < 4.78 is 9.14. The van der Waals surface area contributed by atoms with Crippen molar-refractivity contribution in [2.75, 3.05) is 26.4 Å². The van der Waals surface area contributed by atoms with Crippen LogP contribution in [0.4, 0.5) is 4.79 Å². The summed E-state index contributed by atoms with van der Waals surface area (Å²) in [6.07, 6.45) is 5.14. The second-order valence-electron chi connectivity index (χ2n) is 2.18. The van der Waals surface area contributed by atoms with Crippen molar-refractivity contribution in [3.05, 3.63) is 24.3 Å². The molecule has 5 heteroatoms. The number of aliphatic hydroxyl groups is 2. The van der Waals surface area contributed by atoms with Gasteiger partial charge in [-0.25, -0.2) is 4.79 Å². The van der Waals surface area contributed by atoms with Gasteiger partial charge in [0.1, 0.15) is 13.2 Å². The minimum absolute atomic E-state index is 0.0725. The average Bonchev–Trinajstić information content (AvgIpc) is 2.19. The van der Waals surface area contributed by atoms with Crippen LogP contribution in [-0.4, -0.2) is 42.8 Å². The summed E-state index contributed by atoms with van der Waals surface area (Å²) in [6.45, 7) is -0.0263. The Kier molecular flexibility index (Phi) is 8.83. The lowest BCUT2D eigenvalue weighted by Crippen LogP contribution is -2.07. The molecule has 0 spiro atoms. The summed E-state index contributed by atoms with van der Waals surface area (Å²) in [5, 5.41) is 16.7. The quantitative estimate of drug-likeness (QED) is 0.476. The monoisotopic (exact) mass is 202 g/mol. The highest BCUT2D eigenvalue weighted by atomic mass is 16.7. The Bertz CT molecular complexity index is 177. The van der Waals surface area contributed by atoms with E-state index in [2.05, 4.69) is 9.47 Å². The maximum atomic E-state index is 10.7. The predicted octanol–water partition coefficient (Wildman–Crippen LogP) is 0.237. The number of hydrogen-bond donors (Lipinski definition) is 2. The molecule has 0 fully saturated rings. The van der Waals surface area contributed by atoms with Crippen LogP contribution in [0.5, 0.6) is 0 Å². The van der Waals surface area contributed by atoms with E-state index >= 15 is 0 Å². The molecule has 0 aromatic rings. The molecular formula is C9H14O5. The first kappa shape index (κ1) is 12.7. The highest BCUT2D eigenvalue weighted by molar-refractivity contribution is 5.60. The SMILES string of the molecule is O=C(OCC=CCO)OCC=CCO. The van der Waals surface area contributed by atoms with Crippen molar-refractivity contribution in [3.63, 3.8) is 0 Å². The Morgan fingerprint density at radius 3 is 1.71 bits per heavy atom. The second kappa shape index (κ2) is 9.76. The zero-order valence-corrected chi connectivity index (χ0v) is 7.76. The Morgan fingerprint density at radius 2 is 1.36 bits per heavy atom. The van der Waals surface area contributed by atoms with Crippen LogP contribution in [0.3, 0.4) is 0 Å². The smallest absolute Gasteiger partial charge is 0.430 e. The van der Waals surface area contributed by atoms with E-state index in [0.29, 0.717) is 0 Å². The lowest BCUT2D eigenvalue weighted by atomic mass is 10.5. The highest BCUT2D eigenvalue weighted by Gasteiger charge is 1.98. The molecule has 0 aliphatic rings. The van der Waals surface area contributed by atoms with Gasteiger partial charge in [0.25, 0.3) is 0 Å². The van der Waals surface area contributed by atoms with Crippen molar-refractivity contribution in [2.45, 2.75) is 0 Å². The Hall–Kier alpha value is -1.33. The average molecular weight is 202 g/mol. The van der Waals surface area contributed by atoms with Crippen molar-refractivity contribution >= 4 is 6.16 Å². The van der Waals surface area contributed by atoms with Crippen molar-refractivity contribution < 1.29 is 24.5 Å². The highest BCUT2D eigenvalue weighted by Crippen LogP contribution is 1.87. The molecule has 0 aliphatic carbocycles. The van der Waals surface area contributed by atoms with E-state index in [0.717, 1.165) is 0 Å². The molecule has 0 saturated heterocycles. The molecule has 0 saturated carbocycles. The lowest BCUT2D eigenvalue weighted by Gasteiger charge is -2.00. The summed E-state index contributed by atoms with van der Waals surface area (Å²) >= 11 is 0. The van der Waals surface area contributed by atoms with Crippen molar-refractivity contribution in [2.24, 2.45) is 0 Å². The van der Waals surface area contributed by atoms with Crippen LogP contribution < -0.4 is 0 Å². The first-order valence-electron chi connectivity index (χ1n) is 4.12. The van der Waals surface area contributed by atoms with Crippen LogP contribution >= 0.6 is 0 Å². The normalized spacial score (nSPS) is 11.0. The third-order valence-corrected chi connectivity index (χ3v) is 1.14. The topological polar surface area (TPSA) is 76.0 Å². The van der Waals surface area contributed by atoms with E-state index in [1.54, 1.807) is 0 Å². The molecule has 0 aromatic carbocycles. The number of aliphatic hydroxyl groups excluding tert-OH is 2. The molecule has 5 nitrogen and oxygen atoms in total. The van der Waals surface area contributed by atoms with Gasteiger partial charge in [-0.3, -0.25) is 0 Å². The number of carbonyl (C=O) groups excluding carboxylic acids is 1. The van der Waals surface area contributed by atoms with E-state index in [1.807, 2.05) is 0 Å². The first-order chi connectivity index (χ1) is 6.81. The molecule has 14 heavy (non-hydrogen) atoms. The van der Waals surface area contributed by atoms with E-state index < -0.39 is 6.16 Å². The standard InChI is InChI=1S/C9H14O5/c10-5-1-3-7-13-9(12)14-8-4-2-6-11/h1-4,10-11H,5-8H2. The van der Waals surface area contributed by atoms with Gasteiger partial charge in [0, 0.05) is 0 Å². The van der Waals surface area contributed by atoms with E-state index in [1.165, 1.54) is 24.3 Å². The predicted molar refractivity (Wildman–Crippen MR) is 49.8 cm³/mol. The molecule has 0 amide bonds. The van der Waals surface area contributed by atoms with Crippen LogP contribution in [0, 0.1) is 0 Å². The molecular weight excluding hydrogens is 188 g/mol. The fourth-order valence-corrected chi connectivity index (χ4v) is 0.559. The minimum Gasteiger partial charge on any atom is -0.430 e. The lowest BCUT2D eigenvalue weighted by molar-refractivity contribution is 0.0715. The molecule has 0 heterocycles. The fourth-order valence-electron chi connectivity index (χ4n) is 0.559. The fraction of sp³-hybridized carbons (Fsp3) is 0.444. The Morgan fingerprint density at radius 1 is 0.929 bits per heavy atom. The molecule has 0 atom stereocenters. The van der Waals surface area contributed by atoms with Gasteiger partial charge in [0.15, 0.2) is 0 Å². The van der Waals surface area contributed by atoms with Crippen molar-refractivity contribution in [3.8, 4) is 0 Å². The van der Waals surface area contributed by atoms with Gasteiger partial charge in [0.2, 0.25) is 0 Å². The van der Waals surface area contributed by atoms with Crippen LogP contribution in [0.2, 0.25) is 0 Å². The number of hydrogen-bond acceptors (Lipinski definition) is 5. The number of carbonyl (C=O) groups is 1. The zero-order valence-electron chi connectivity index (χ0n) is 7.76. The summed E-state index contributed by atoms with van der Waals surface area (Å²) in [5.74, 6) is 0. The van der Waals surface area contributed by atoms with E-state index in [-0.39, 0.29) is 26.4 Å². The summed E-state index contributed by atoms with van der Waals surface area (Å²) in [4.78, 5) is 10.7. The maximum absolute atomic E-state index is 10.7. The van der Waals surface area contributed by atoms with Gasteiger partial charge in [0.05, 0.1) is 13.2 Å². The van der Waals surface area contributed by atoms with E-state index in [4.69, 9.17) is 10.2 Å².